The molecule has 3 aliphatic rings. The number of carbonyl (C=O) groups excluding carboxylic acids is 5. The Kier molecular flexibility index (Phi) is 12.4. The van der Waals surface area contributed by atoms with E-state index in [1.54, 1.807) is 33.8 Å². The van der Waals surface area contributed by atoms with E-state index in [9.17, 15) is 39.0 Å². The molecule has 6 rings (SSSR count). The minimum Gasteiger partial charge on any atom is -0.458 e. The number of amides is 4. The molecule has 0 saturated heterocycles. The third kappa shape index (κ3) is 7.57. The number of esters is 1. The summed E-state index contributed by atoms with van der Waals surface area (Å²) in [5.74, 6) is -5.66. The fraction of sp³-hybridized carbons (Fsp3) is 0.537. The Morgan fingerprint density at radius 2 is 1.88 bits per heavy atom. The fourth-order valence-corrected chi connectivity index (χ4v) is 8.66. The van der Waals surface area contributed by atoms with Crippen molar-refractivity contribution in [3.05, 3.63) is 61.7 Å². The number of ether oxygens (including phenoxy) is 2. The normalized spacial score (nSPS) is 19.4. The summed E-state index contributed by atoms with van der Waals surface area (Å²) in [4.78, 5) is 83.2. The number of aryl methyl sites for hydroxylation is 1. The molecule has 0 radical (unpaired) electrons. The number of hydrogen-bond donors (Lipinski definition) is 6. The number of unbranched alkanes of at least 4 members (excludes halogenated alkanes) is 1. The molecule has 1 aliphatic carbocycles. The van der Waals surface area contributed by atoms with Gasteiger partial charge in [0.05, 0.1) is 47.6 Å². The van der Waals surface area contributed by atoms with Crippen molar-refractivity contribution >= 4 is 40.5 Å². The monoisotopic (exact) mass is 806 g/mol. The maximum absolute atomic E-state index is 15.3. The number of benzene rings is 1. The lowest BCUT2D eigenvalue weighted by Gasteiger charge is -2.31. The van der Waals surface area contributed by atoms with Crippen LogP contribution in [0.15, 0.2) is 16.9 Å². The summed E-state index contributed by atoms with van der Waals surface area (Å²) in [6, 6.07) is 0.927. The molecule has 5 atom stereocenters. The van der Waals surface area contributed by atoms with Gasteiger partial charge in [-0.3, -0.25) is 24.0 Å². The number of nitrogens with zero attached hydrogens (tertiary/aromatic N) is 2. The standard InChI is InChI=1S/C41H51FN6O10/c1-6-8-9-22(36(43)51)32(19(3)4)38(53)47-29(15-49)37(52)44-18-57-17-31(50)45-27-11-10-21-20(5)26(42)13-28-33(21)34(27)23-14-48-30(35(23)46-28)12-25-24(39(48)54)16-58-40(55)41(25,56)7-2/h12-13,19,22,27,29,32,49,56H,6-11,14-18H2,1-5H3,(H2,43,51)(H,44,52)(H,45,50)(H,47,53)/t22?,27-,29-,32-,41-/m0/s1. The number of aromatic nitrogens is 2. The van der Waals surface area contributed by atoms with E-state index < -0.39 is 90.4 Å². The Bertz CT molecular complexity index is 2240. The van der Waals surface area contributed by atoms with Crippen molar-refractivity contribution in [2.75, 3.05) is 19.9 Å². The number of nitrogens with two attached hydrogens (primary N) is 1. The predicted molar refractivity (Wildman–Crippen MR) is 207 cm³/mol. The van der Waals surface area contributed by atoms with Crippen LogP contribution < -0.4 is 27.2 Å². The molecule has 7 N–H and O–H groups in total. The highest BCUT2D eigenvalue weighted by atomic mass is 19.1. The molecule has 17 heteroatoms. The summed E-state index contributed by atoms with van der Waals surface area (Å²) in [5, 5.41) is 29.9. The molecule has 2 aromatic heterocycles. The molecule has 0 bridgehead atoms. The number of halogens is 1. The molecule has 58 heavy (non-hydrogen) atoms. The Morgan fingerprint density at radius 1 is 1.14 bits per heavy atom. The molecule has 3 aromatic rings. The number of rotatable bonds is 16. The number of carbonyl (C=O) groups is 5. The lowest BCUT2D eigenvalue weighted by molar-refractivity contribution is -0.172. The summed E-state index contributed by atoms with van der Waals surface area (Å²) in [5.41, 5.74) is 6.96. The number of pyridine rings is 2. The lowest BCUT2D eigenvalue weighted by Crippen LogP contribution is -2.53. The predicted octanol–water partition coefficient (Wildman–Crippen LogP) is 1.76. The number of hydrogen-bond acceptors (Lipinski definition) is 11. The molecular weight excluding hydrogens is 755 g/mol. The van der Waals surface area contributed by atoms with Gasteiger partial charge in [-0.1, -0.05) is 40.5 Å². The maximum atomic E-state index is 15.3. The van der Waals surface area contributed by atoms with Gasteiger partial charge in [-0.25, -0.2) is 14.2 Å². The zero-order valence-corrected chi connectivity index (χ0v) is 33.3. The van der Waals surface area contributed by atoms with Crippen LogP contribution >= 0.6 is 0 Å². The smallest absolute Gasteiger partial charge is 0.343 e. The van der Waals surface area contributed by atoms with Crippen molar-refractivity contribution in [1.29, 1.82) is 0 Å². The number of nitrogens with one attached hydrogen (secondary N) is 3. The van der Waals surface area contributed by atoms with Gasteiger partial charge in [-0.15, -0.1) is 0 Å². The van der Waals surface area contributed by atoms with E-state index in [1.165, 1.54) is 10.6 Å². The maximum Gasteiger partial charge on any atom is 0.343 e. The van der Waals surface area contributed by atoms with Crippen LogP contribution in [0.3, 0.4) is 0 Å². The Hall–Kier alpha value is -5.26. The number of primary amides is 1. The summed E-state index contributed by atoms with van der Waals surface area (Å²) in [6.45, 7) is 6.90. The van der Waals surface area contributed by atoms with Crippen molar-refractivity contribution in [3.63, 3.8) is 0 Å². The molecule has 312 valence electrons. The van der Waals surface area contributed by atoms with E-state index in [0.717, 1.165) is 12.0 Å². The van der Waals surface area contributed by atoms with Gasteiger partial charge in [-0.2, -0.15) is 0 Å². The van der Waals surface area contributed by atoms with Crippen molar-refractivity contribution in [2.24, 2.45) is 23.5 Å². The first kappa shape index (κ1) is 42.3. The lowest BCUT2D eigenvalue weighted by atomic mass is 9.79. The second-order valence-corrected chi connectivity index (χ2v) is 15.7. The van der Waals surface area contributed by atoms with Gasteiger partial charge in [0.1, 0.15) is 31.8 Å². The van der Waals surface area contributed by atoms with Crippen molar-refractivity contribution in [1.82, 2.24) is 25.5 Å². The van der Waals surface area contributed by atoms with Crippen molar-refractivity contribution < 1.29 is 48.0 Å². The van der Waals surface area contributed by atoms with Gasteiger partial charge in [-0.05, 0) is 61.3 Å². The van der Waals surface area contributed by atoms with Crippen LogP contribution in [0.2, 0.25) is 0 Å². The van der Waals surface area contributed by atoms with Crippen LogP contribution in [0.25, 0.3) is 22.3 Å². The molecular formula is C41H51FN6O10. The van der Waals surface area contributed by atoms with E-state index in [2.05, 4.69) is 16.0 Å². The van der Waals surface area contributed by atoms with E-state index in [0.29, 0.717) is 64.7 Å². The molecule has 2 aliphatic heterocycles. The zero-order chi connectivity index (χ0) is 42.2. The van der Waals surface area contributed by atoms with Gasteiger partial charge in [0.15, 0.2) is 5.60 Å². The van der Waals surface area contributed by atoms with Crippen LogP contribution in [-0.4, -0.2) is 75.3 Å². The highest BCUT2D eigenvalue weighted by Gasteiger charge is 2.46. The molecule has 4 amide bonds. The van der Waals surface area contributed by atoms with Crippen LogP contribution in [0.1, 0.15) is 99.2 Å². The highest BCUT2D eigenvalue weighted by Crippen LogP contribution is 2.46. The van der Waals surface area contributed by atoms with Crippen LogP contribution in [0.5, 0.6) is 0 Å². The Balaban J connectivity index is 1.17. The summed E-state index contributed by atoms with van der Waals surface area (Å²) >= 11 is 0. The summed E-state index contributed by atoms with van der Waals surface area (Å²) in [6.07, 6.45) is 2.66. The van der Waals surface area contributed by atoms with Gasteiger partial charge < -0.3 is 45.9 Å². The largest absolute Gasteiger partial charge is 0.458 e. The first-order valence-electron chi connectivity index (χ1n) is 19.7. The van der Waals surface area contributed by atoms with Crippen LogP contribution in [0, 0.1) is 30.5 Å². The number of fused-ring (bicyclic) bond motifs is 5. The first-order chi connectivity index (χ1) is 27.6. The molecule has 0 fully saturated rings. The number of aliphatic hydroxyl groups is 2. The molecule has 0 spiro atoms. The molecule has 4 heterocycles. The number of cyclic esters (lactones) is 1. The SMILES string of the molecule is CCCCC(C(N)=O)[C@@H](C(=O)N[C@@H](CO)C(=O)NCOCC(=O)N[C@H]1CCc2c(C)c(F)cc3nc4c(c1c23)Cn1c-4cc2c(c1=O)COC(=O)[C@]2(O)CC)C(C)C. The average Bonchev–Trinajstić information content (AvgIpc) is 3.56. The van der Waals surface area contributed by atoms with E-state index in [-0.39, 0.29) is 36.6 Å². The molecule has 1 aromatic carbocycles. The van der Waals surface area contributed by atoms with Crippen LogP contribution in [0.4, 0.5) is 4.39 Å². The van der Waals surface area contributed by atoms with Crippen LogP contribution in [-0.2, 0) is 58.6 Å². The summed E-state index contributed by atoms with van der Waals surface area (Å²) < 4.78 is 27.4. The molecule has 16 nitrogen and oxygen atoms in total. The first-order valence-corrected chi connectivity index (χ1v) is 19.7. The minimum atomic E-state index is -2.03. The molecule has 1 unspecified atom stereocenters. The second-order valence-electron chi connectivity index (χ2n) is 15.7. The molecule has 0 saturated carbocycles. The Labute approximate surface area is 334 Å². The van der Waals surface area contributed by atoms with Gasteiger partial charge in [0.25, 0.3) is 5.56 Å². The van der Waals surface area contributed by atoms with E-state index in [4.69, 9.17) is 20.2 Å². The fourth-order valence-electron chi connectivity index (χ4n) is 8.66. The minimum absolute atomic E-state index is 0.0338. The second kappa shape index (κ2) is 16.9. The van der Waals surface area contributed by atoms with Crippen molar-refractivity contribution in [2.45, 2.75) is 104 Å². The summed E-state index contributed by atoms with van der Waals surface area (Å²) in [7, 11) is 0. The zero-order valence-electron chi connectivity index (χ0n) is 33.3. The van der Waals surface area contributed by atoms with Crippen molar-refractivity contribution in [3.8, 4) is 11.4 Å². The quantitative estimate of drug-likeness (QED) is 0.0542. The average molecular weight is 807 g/mol. The van der Waals surface area contributed by atoms with Gasteiger partial charge >= 0.3 is 5.97 Å². The van der Waals surface area contributed by atoms with Gasteiger partial charge in [0, 0.05) is 28.5 Å². The van der Waals surface area contributed by atoms with Gasteiger partial charge in [0.2, 0.25) is 23.6 Å². The Morgan fingerprint density at radius 3 is 2.53 bits per heavy atom. The highest BCUT2D eigenvalue weighted by molar-refractivity contribution is 5.94. The third-order valence-electron chi connectivity index (χ3n) is 11.8. The third-order valence-corrected chi connectivity index (χ3v) is 11.8. The topological polar surface area (TPSA) is 241 Å². The number of aliphatic hydroxyl groups excluding tert-OH is 1. The van der Waals surface area contributed by atoms with E-state index >= 15 is 4.39 Å². The van der Waals surface area contributed by atoms with E-state index in [1.807, 2.05) is 6.92 Å².